The summed E-state index contributed by atoms with van der Waals surface area (Å²) in [6.45, 7) is 1.08. The number of nitrogens with zero attached hydrogens (tertiary/aromatic N) is 3. The van der Waals surface area contributed by atoms with E-state index in [-0.39, 0.29) is 28.9 Å². The molecule has 0 bridgehead atoms. The third-order valence-electron chi connectivity index (χ3n) is 4.62. The highest BCUT2D eigenvalue weighted by Gasteiger charge is 2.28. The number of halogens is 3. The lowest BCUT2D eigenvalue weighted by molar-refractivity contribution is 0.335. The molecule has 0 radical (unpaired) electrons. The maximum atomic E-state index is 13.8. The van der Waals surface area contributed by atoms with Crippen molar-refractivity contribution in [2.24, 2.45) is 4.99 Å². The van der Waals surface area contributed by atoms with Crippen LogP contribution in [0.5, 0.6) is 0 Å². The van der Waals surface area contributed by atoms with Crippen molar-refractivity contribution in [1.82, 2.24) is 14.6 Å². The lowest BCUT2D eigenvalue weighted by atomic mass is 10.1. The first-order valence-corrected chi connectivity index (χ1v) is 10.6. The summed E-state index contributed by atoms with van der Waals surface area (Å²) in [5.74, 6) is -0.213. The van der Waals surface area contributed by atoms with Gasteiger partial charge in [-0.05, 0) is 32.0 Å². The van der Waals surface area contributed by atoms with Gasteiger partial charge in [-0.15, -0.1) is 0 Å². The maximum absolute atomic E-state index is 13.8. The molecule has 0 spiro atoms. The van der Waals surface area contributed by atoms with Gasteiger partial charge in [-0.3, -0.25) is 4.99 Å². The normalized spacial score (nSPS) is 14.6. The Balaban J connectivity index is 2.01. The third-order valence-corrected chi connectivity index (χ3v) is 6.20. The largest absolute Gasteiger partial charge is 0.344 e. The average molecular weight is 439 g/mol. The second-order valence-electron chi connectivity index (χ2n) is 7.01. The second kappa shape index (κ2) is 8.49. The topological polar surface area (TPSA) is 99.3 Å². The minimum atomic E-state index is -4.14. The molecule has 1 aromatic carbocycles. The van der Waals surface area contributed by atoms with E-state index < -0.39 is 35.2 Å². The van der Waals surface area contributed by atoms with Crippen LogP contribution < -0.4 is 10.0 Å². The number of nitriles is 1. The Labute approximate surface area is 171 Å². The molecule has 0 atom stereocenters. The van der Waals surface area contributed by atoms with Gasteiger partial charge in [0.1, 0.15) is 30.9 Å². The molecule has 1 aliphatic heterocycles. The number of hydrogen-bond acceptors (Lipinski definition) is 5. The van der Waals surface area contributed by atoms with E-state index in [0.717, 1.165) is 0 Å². The molecule has 0 amide bonds. The van der Waals surface area contributed by atoms with Crippen molar-refractivity contribution in [3.8, 4) is 6.07 Å². The van der Waals surface area contributed by atoms with E-state index in [1.165, 1.54) is 24.4 Å². The van der Waals surface area contributed by atoms with E-state index in [1.807, 2.05) is 18.6 Å². The number of rotatable bonds is 7. The number of nitrogens with one attached hydrogen (secondary N) is 2. The number of benzene rings is 1. The number of alkyl halides is 2. The minimum absolute atomic E-state index is 0.151. The van der Waals surface area contributed by atoms with Crippen LogP contribution in [0.1, 0.15) is 31.1 Å². The molecule has 2 aromatic rings. The molecule has 11 heteroatoms. The van der Waals surface area contributed by atoms with E-state index in [0.29, 0.717) is 16.6 Å². The Morgan fingerprint density at radius 1 is 1.33 bits per heavy atom. The van der Waals surface area contributed by atoms with Crippen LogP contribution in [-0.4, -0.2) is 44.8 Å². The minimum Gasteiger partial charge on any atom is -0.344 e. The van der Waals surface area contributed by atoms with Crippen molar-refractivity contribution in [1.29, 1.82) is 5.26 Å². The lowest BCUT2D eigenvalue weighted by Gasteiger charge is -2.20. The van der Waals surface area contributed by atoms with Crippen LogP contribution in [0.4, 0.5) is 13.2 Å². The summed E-state index contributed by atoms with van der Waals surface area (Å²) < 4.78 is 67.5. The van der Waals surface area contributed by atoms with Gasteiger partial charge >= 0.3 is 0 Å². The number of aromatic nitrogens is 1. The first-order valence-electron chi connectivity index (χ1n) is 9.11. The quantitative estimate of drug-likeness (QED) is 0.693. The molecule has 1 aromatic heterocycles. The molecule has 2 N–H and O–H groups in total. The molecule has 0 saturated heterocycles. The third kappa shape index (κ3) is 3.93. The van der Waals surface area contributed by atoms with Crippen LogP contribution >= 0.6 is 0 Å². The number of amidine groups is 1. The van der Waals surface area contributed by atoms with E-state index in [9.17, 15) is 26.9 Å². The highest BCUT2D eigenvalue weighted by Crippen LogP contribution is 2.30. The van der Waals surface area contributed by atoms with Crippen molar-refractivity contribution in [2.75, 3.05) is 19.9 Å². The zero-order valence-electron chi connectivity index (χ0n) is 16.3. The summed E-state index contributed by atoms with van der Waals surface area (Å²) in [4.78, 5) is 4.04. The summed E-state index contributed by atoms with van der Waals surface area (Å²) in [6, 6.07) is 4.59. The number of fused-ring (bicyclic) bond motifs is 1. The monoisotopic (exact) mass is 439 g/mol. The average Bonchev–Trinajstić information content (AvgIpc) is 3.05. The molecule has 160 valence electrons. The standard InChI is InChI=1S/C19H20F3N5O2S/c1-11(2)27-17-5-12(22)3-4-15(17)16(8-23)18(27)19-24-9-14(10-25-19)30(28,29)26-13(6-20)7-21/h3-5,9,11,13,26H,6-7,10H2,1-2H3,(H,24,25). The fourth-order valence-electron chi connectivity index (χ4n) is 3.27. The maximum Gasteiger partial charge on any atom is 0.240 e. The van der Waals surface area contributed by atoms with Crippen LogP contribution in [0.2, 0.25) is 0 Å². The Bertz CT molecular complexity index is 1170. The predicted molar refractivity (Wildman–Crippen MR) is 107 cm³/mol. The summed E-state index contributed by atoms with van der Waals surface area (Å²) in [5, 5.41) is 13.0. The Kier molecular flexibility index (Phi) is 6.19. The predicted octanol–water partition coefficient (Wildman–Crippen LogP) is 2.65. The second-order valence-corrected chi connectivity index (χ2v) is 8.77. The summed E-state index contributed by atoms with van der Waals surface area (Å²) in [7, 11) is -4.14. The molecule has 0 unspecified atom stereocenters. The molecular weight excluding hydrogens is 419 g/mol. The van der Waals surface area contributed by atoms with Gasteiger partial charge in [-0.25, -0.2) is 26.3 Å². The Hall–Kier alpha value is -2.84. The molecule has 0 saturated carbocycles. The number of hydrogen-bond donors (Lipinski definition) is 2. The Morgan fingerprint density at radius 3 is 2.57 bits per heavy atom. The summed E-state index contributed by atoms with van der Waals surface area (Å²) in [5.41, 5.74) is 1.19. The molecule has 0 aliphatic carbocycles. The molecule has 3 rings (SSSR count). The molecule has 30 heavy (non-hydrogen) atoms. The fourth-order valence-corrected chi connectivity index (χ4v) is 4.43. The van der Waals surface area contributed by atoms with E-state index in [4.69, 9.17) is 0 Å². The van der Waals surface area contributed by atoms with Gasteiger partial charge in [-0.2, -0.15) is 5.26 Å². The van der Waals surface area contributed by atoms with Gasteiger partial charge in [-0.1, -0.05) is 0 Å². The highest BCUT2D eigenvalue weighted by atomic mass is 32.2. The van der Waals surface area contributed by atoms with Crippen LogP contribution in [0, 0.1) is 17.1 Å². The molecular formula is C19H20F3N5O2S. The van der Waals surface area contributed by atoms with Gasteiger partial charge in [0, 0.05) is 17.6 Å². The number of aliphatic imine (C=N–C) groups is 1. The first-order chi connectivity index (χ1) is 14.2. The van der Waals surface area contributed by atoms with Crippen molar-refractivity contribution < 1.29 is 21.6 Å². The van der Waals surface area contributed by atoms with Crippen LogP contribution in [0.15, 0.2) is 34.3 Å². The van der Waals surface area contributed by atoms with Crippen LogP contribution in [0.3, 0.4) is 0 Å². The van der Waals surface area contributed by atoms with E-state index >= 15 is 0 Å². The zero-order valence-corrected chi connectivity index (χ0v) is 17.1. The van der Waals surface area contributed by atoms with Crippen LogP contribution in [-0.2, 0) is 10.0 Å². The summed E-state index contributed by atoms with van der Waals surface area (Å²) >= 11 is 0. The first kappa shape index (κ1) is 21.9. The molecule has 1 aliphatic rings. The van der Waals surface area contributed by atoms with Crippen molar-refractivity contribution in [3.63, 3.8) is 0 Å². The van der Waals surface area contributed by atoms with Crippen molar-refractivity contribution in [2.45, 2.75) is 25.9 Å². The lowest BCUT2D eigenvalue weighted by Crippen LogP contribution is -2.40. The van der Waals surface area contributed by atoms with Crippen LogP contribution in [0.25, 0.3) is 10.9 Å². The summed E-state index contributed by atoms with van der Waals surface area (Å²) in [6.07, 6.45) is 1.17. The SMILES string of the molecule is CC(C)n1c(C2=NCC(S(=O)(=O)NC(CF)CF)=CN2)c(C#N)c2ccc(F)cc21. The fraction of sp³-hybridized carbons (Fsp3) is 0.368. The molecule has 2 heterocycles. The van der Waals surface area contributed by atoms with Gasteiger partial charge in [0.15, 0.2) is 5.84 Å². The molecule has 0 fully saturated rings. The smallest absolute Gasteiger partial charge is 0.240 e. The van der Waals surface area contributed by atoms with Crippen molar-refractivity contribution >= 4 is 26.8 Å². The van der Waals surface area contributed by atoms with Gasteiger partial charge in [0.25, 0.3) is 0 Å². The highest BCUT2D eigenvalue weighted by molar-refractivity contribution is 7.93. The van der Waals surface area contributed by atoms with E-state index in [1.54, 1.807) is 4.57 Å². The van der Waals surface area contributed by atoms with E-state index in [2.05, 4.69) is 16.4 Å². The zero-order chi connectivity index (χ0) is 22.1. The van der Waals surface area contributed by atoms with Gasteiger partial charge < -0.3 is 9.88 Å². The van der Waals surface area contributed by atoms with Gasteiger partial charge in [0.2, 0.25) is 10.0 Å². The Morgan fingerprint density at radius 2 is 2.03 bits per heavy atom. The number of sulfonamides is 1. The van der Waals surface area contributed by atoms with Crippen molar-refractivity contribution in [3.05, 3.63) is 46.4 Å². The molecule has 7 nitrogen and oxygen atoms in total. The van der Waals surface area contributed by atoms with Gasteiger partial charge in [0.05, 0.1) is 28.6 Å².